The Morgan fingerprint density at radius 1 is 0.618 bits per heavy atom. The van der Waals surface area contributed by atoms with Crippen LogP contribution in [0.2, 0.25) is 0 Å². The molecule has 4 aromatic rings. The third kappa shape index (κ3) is 4.33. The number of hydrogen-bond acceptors (Lipinski definition) is 6. The maximum atomic E-state index is 11.6. The van der Waals surface area contributed by atoms with Gasteiger partial charge in [-0.05, 0) is 69.4 Å². The van der Waals surface area contributed by atoms with Crippen molar-refractivity contribution in [2.24, 2.45) is 0 Å². The van der Waals surface area contributed by atoms with E-state index in [1.807, 2.05) is 24.3 Å². The van der Waals surface area contributed by atoms with Gasteiger partial charge >= 0.3 is 11.9 Å². The molecule has 0 spiro atoms. The van der Waals surface area contributed by atoms with E-state index in [2.05, 4.69) is 0 Å². The molecule has 0 aliphatic heterocycles. The van der Waals surface area contributed by atoms with Crippen molar-refractivity contribution in [3.8, 4) is 33.8 Å². The number of carboxylic acids is 2. The van der Waals surface area contributed by atoms with Crippen molar-refractivity contribution < 1.29 is 38.9 Å². The Labute approximate surface area is 192 Å². The first kappa shape index (κ1) is 22.2. The maximum absolute atomic E-state index is 11.6. The van der Waals surface area contributed by atoms with Gasteiger partial charge in [0.1, 0.15) is 11.5 Å². The number of hydrogen-bond donors (Lipinski definition) is 2. The molecule has 34 heavy (non-hydrogen) atoms. The van der Waals surface area contributed by atoms with E-state index in [0.29, 0.717) is 22.3 Å². The fourth-order valence-electron chi connectivity index (χ4n) is 3.81. The van der Waals surface area contributed by atoms with Crippen LogP contribution in [0.3, 0.4) is 0 Å². The number of aromatic carboxylic acids is 2. The van der Waals surface area contributed by atoms with Crippen molar-refractivity contribution in [2.45, 2.75) is 0 Å². The van der Waals surface area contributed by atoms with E-state index in [1.54, 1.807) is 24.3 Å². The average molecular weight is 456 g/mol. The first-order valence-electron chi connectivity index (χ1n) is 9.91. The van der Waals surface area contributed by atoms with Crippen molar-refractivity contribution in [2.75, 3.05) is 0 Å². The van der Waals surface area contributed by atoms with E-state index in [4.69, 9.17) is 9.47 Å². The summed E-state index contributed by atoms with van der Waals surface area (Å²) >= 11 is 0. The highest BCUT2D eigenvalue weighted by atomic mass is 16.5. The minimum absolute atomic E-state index is 0.0488. The topological polar surface area (TPSA) is 127 Å². The van der Waals surface area contributed by atoms with Crippen molar-refractivity contribution in [1.82, 2.24) is 0 Å². The van der Waals surface area contributed by atoms with Gasteiger partial charge in [0.25, 0.3) is 12.9 Å². The number of benzene rings is 4. The van der Waals surface area contributed by atoms with Crippen LogP contribution in [0.1, 0.15) is 20.7 Å². The molecule has 2 N–H and O–H groups in total. The van der Waals surface area contributed by atoms with Crippen LogP contribution >= 0.6 is 0 Å². The maximum Gasteiger partial charge on any atom is 0.335 e. The standard InChI is InChI=1S/C26H16O8/c27-13-33-19-9-15(7-17(11-19)25(29)30)21-5-6-22(24-4-2-1-3-23(21)24)16-8-18(26(31)32)12-20(10-16)34-14-28/h1-14H,(H,29,30)(H,31,32). The fourth-order valence-corrected chi connectivity index (χ4v) is 3.81. The Hall–Kier alpha value is -4.98. The van der Waals surface area contributed by atoms with Crippen LogP contribution in [0.4, 0.5) is 0 Å². The molecule has 0 heterocycles. The van der Waals surface area contributed by atoms with E-state index in [1.165, 1.54) is 24.3 Å². The van der Waals surface area contributed by atoms with Crippen LogP contribution in [0, 0.1) is 0 Å². The van der Waals surface area contributed by atoms with Crippen molar-refractivity contribution in [1.29, 1.82) is 0 Å². The summed E-state index contributed by atoms with van der Waals surface area (Å²) in [5.41, 5.74) is 2.29. The number of carbonyl (C=O) groups excluding carboxylic acids is 2. The van der Waals surface area contributed by atoms with Gasteiger partial charge in [0.05, 0.1) is 11.1 Å². The van der Waals surface area contributed by atoms with E-state index in [9.17, 15) is 29.4 Å². The Morgan fingerprint density at radius 3 is 1.38 bits per heavy atom. The Bertz CT molecular complexity index is 1340. The molecule has 0 saturated heterocycles. The third-order valence-electron chi connectivity index (χ3n) is 5.22. The molecule has 168 valence electrons. The smallest absolute Gasteiger partial charge is 0.335 e. The molecule has 8 heteroatoms. The largest absolute Gasteiger partial charge is 0.478 e. The van der Waals surface area contributed by atoms with Gasteiger partial charge in [-0.2, -0.15) is 0 Å². The first-order chi connectivity index (χ1) is 16.4. The minimum Gasteiger partial charge on any atom is -0.478 e. The number of ether oxygens (including phenoxy) is 2. The highest BCUT2D eigenvalue weighted by Gasteiger charge is 2.15. The summed E-state index contributed by atoms with van der Waals surface area (Å²) in [5.74, 6) is -2.18. The zero-order chi connectivity index (χ0) is 24.2. The van der Waals surface area contributed by atoms with Crippen LogP contribution in [0.5, 0.6) is 11.5 Å². The monoisotopic (exact) mass is 456 g/mol. The Kier molecular flexibility index (Phi) is 6.05. The zero-order valence-electron chi connectivity index (χ0n) is 17.4. The molecule has 0 bridgehead atoms. The Morgan fingerprint density at radius 2 is 1.03 bits per heavy atom. The lowest BCUT2D eigenvalue weighted by atomic mass is 9.91. The lowest BCUT2D eigenvalue weighted by Gasteiger charge is -2.14. The average Bonchev–Trinajstić information content (AvgIpc) is 2.83. The van der Waals surface area contributed by atoms with E-state index in [-0.39, 0.29) is 35.6 Å². The predicted octanol–water partition coefficient (Wildman–Crippen LogP) is 4.64. The third-order valence-corrected chi connectivity index (χ3v) is 5.22. The van der Waals surface area contributed by atoms with Gasteiger partial charge in [-0.25, -0.2) is 9.59 Å². The summed E-state index contributed by atoms with van der Waals surface area (Å²) in [7, 11) is 0. The molecule has 0 fully saturated rings. The van der Waals surface area contributed by atoms with Crippen LogP contribution < -0.4 is 9.47 Å². The van der Waals surface area contributed by atoms with E-state index in [0.717, 1.165) is 10.8 Å². The molecule has 0 unspecified atom stereocenters. The summed E-state index contributed by atoms with van der Waals surface area (Å²) in [6.07, 6.45) is 0. The molecule has 0 aliphatic rings. The number of carboxylic acid groups (broad SMARTS) is 2. The highest BCUT2D eigenvalue weighted by Crippen LogP contribution is 2.38. The zero-order valence-corrected chi connectivity index (χ0v) is 17.4. The summed E-state index contributed by atoms with van der Waals surface area (Å²) in [6, 6.07) is 19.4. The second kappa shape index (κ2) is 9.25. The molecule has 4 aromatic carbocycles. The molecular weight excluding hydrogens is 440 g/mol. The van der Waals surface area contributed by atoms with Crippen LogP contribution in [-0.2, 0) is 9.59 Å². The van der Waals surface area contributed by atoms with Crippen molar-refractivity contribution in [3.63, 3.8) is 0 Å². The molecule has 0 aliphatic carbocycles. The lowest BCUT2D eigenvalue weighted by molar-refractivity contribution is -0.121. The molecule has 4 rings (SSSR count). The second-order valence-electron chi connectivity index (χ2n) is 7.24. The van der Waals surface area contributed by atoms with Crippen LogP contribution in [0.25, 0.3) is 33.0 Å². The van der Waals surface area contributed by atoms with Gasteiger partial charge in [0, 0.05) is 0 Å². The lowest BCUT2D eigenvalue weighted by Crippen LogP contribution is -2.00. The summed E-state index contributed by atoms with van der Waals surface area (Å²) in [5, 5.41) is 20.4. The normalized spacial score (nSPS) is 10.5. The van der Waals surface area contributed by atoms with Gasteiger partial charge in [-0.3, -0.25) is 9.59 Å². The molecule has 0 radical (unpaired) electrons. The number of fused-ring (bicyclic) bond motifs is 1. The molecule has 0 amide bonds. The first-order valence-corrected chi connectivity index (χ1v) is 9.91. The van der Waals surface area contributed by atoms with Crippen LogP contribution in [-0.4, -0.2) is 35.1 Å². The minimum atomic E-state index is -1.17. The van der Waals surface area contributed by atoms with Crippen LogP contribution in [0.15, 0.2) is 72.8 Å². The molecule has 0 saturated carbocycles. The van der Waals surface area contributed by atoms with Gasteiger partial charge in [0.2, 0.25) is 0 Å². The summed E-state index contributed by atoms with van der Waals surface area (Å²) < 4.78 is 9.79. The fraction of sp³-hybridized carbons (Fsp3) is 0. The quantitative estimate of drug-likeness (QED) is 0.367. The molecule has 8 nitrogen and oxygen atoms in total. The van der Waals surface area contributed by atoms with Gasteiger partial charge in [-0.15, -0.1) is 0 Å². The Balaban J connectivity index is 1.95. The second-order valence-corrected chi connectivity index (χ2v) is 7.24. The van der Waals surface area contributed by atoms with Gasteiger partial charge in [0.15, 0.2) is 0 Å². The highest BCUT2D eigenvalue weighted by molar-refractivity contribution is 6.06. The van der Waals surface area contributed by atoms with E-state index >= 15 is 0 Å². The molecule has 0 aromatic heterocycles. The SMILES string of the molecule is O=COc1cc(C(=O)O)cc(-c2ccc(-c3cc(OC=O)cc(C(=O)O)c3)c3ccccc23)c1. The summed E-state index contributed by atoms with van der Waals surface area (Å²) in [4.78, 5) is 44.8. The van der Waals surface area contributed by atoms with Gasteiger partial charge < -0.3 is 19.7 Å². The van der Waals surface area contributed by atoms with Gasteiger partial charge in [-0.1, -0.05) is 36.4 Å². The van der Waals surface area contributed by atoms with Crippen molar-refractivity contribution >= 4 is 35.7 Å². The van der Waals surface area contributed by atoms with E-state index < -0.39 is 11.9 Å². The summed E-state index contributed by atoms with van der Waals surface area (Å²) in [6.45, 7) is 0.445. The molecular formula is C26H16O8. The number of rotatable bonds is 8. The predicted molar refractivity (Wildman–Crippen MR) is 122 cm³/mol. The molecule has 0 atom stereocenters. The van der Waals surface area contributed by atoms with Crippen molar-refractivity contribution in [3.05, 3.63) is 83.9 Å². The number of carbonyl (C=O) groups is 4.